The highest BCUT2D eigenvalue weighted by molar-refractivity contribution is 7.89. The van der Waals surface area contributed by atoms with E-state index in [0.717, 1.165) is 0 Å². The van der Waals surface area contributed by atoms with Crippen LogP contribution in [0.5, 0.6) is 0 Å². The topological polar surface area (TPSA) is 66.4 Å². The fourth-order valence-corrected chi connectivity index (χ4v) is 2.66. The van der Waals surface area contributed by atoms with Gasteiger partial charge in [-0.25, -0.2) is 13.1 Å². The maximum atomic E-state index is 11.9. The molecule has 0 aliphatic carbocycles. The average Bonchev–Trinajstić information content (AvgIpc) is 2.14. The normalized spacial score (nSPS) is 12.8. The van der Waals surface area contributed by atoms with Crippen LogP contribution in [-0.4, -0.2) is 25.7 Å². The van der Waals surface area contributed by atoms with E-state index in [-0.39, 0.29) is 11.4 Å². The minimum Gasteiger partial charge on any atom is -0.389 e. The van der Waals surface area contributed by atoms with Crippen LogP contribution in [0.25, 0.3) is 0 Å². The predicted octanol–water partition coefficient (Wildman–Crippen LogP) is 1.04. The Kier molecular flexibility index (Phi) is 3.72. The minimum atomic E-state index is -3.53. The van der Waals surface area contributed by atoms with Crippen LogP contribution in [0, 0.1) is 6.92 Å². The van der Waals surface area contributed by atoms with Gasteiger partial charge < -0.3 is 5.11 Å². The van der Waals surface area contributed by atoms with E-state index in [1.54, 1.807) is 45.0 Å². The summed E-state index contributed by atoms with van der Waals surface area (Å²) in [6, 6.07) is 6.73. The first-order valence-corrected chi connectivity index (χ1v) is 6.48. The molecule has 0 amide bonds. The van der Waals surface area contributed by atoms with Gasteiger partial charge in [0.15, 0.2) is 0 Å². The van der Waals surface area contributed by atoms with Gasteiger partial charge >= 0.3 is 0 Å². The van der Waals surface area contributed by atoms with Crippen molar-refractivity contribution in [3.05, 3.63) is 29.8 Å². The summed E-state index contributed by atoms with van der Waals surface area (Å²) in [7, 11) is -3.53. The van der Waals surface area contributed by atoms with E-state index in [1.165, 1.54) is 0 Å². The van der Waals surface area contributed by atoms with Gasteiger partial charge in [0.05, 0.1) is 10.5 Å². The van der Waals surface area contributed by atoms with Crippen LogP contribution < -0.4 is 4.72 Å². The highest BCUT2D eigenvalue weighted by Gasteiger charge is 2.20. The lowest BCUT2D eigenvalue weighted by atomic mass is 10.1. The zero-order valence-corrected chi connectivity index (χ0v) is 10.5. The number of aliphatic hydroxyl groups is 1. The third-order valence-corrected chi connectivity index (χ3v) is 3.64. The van der Waals surface area contributed by atoms with Crippen LogP contribution in [0.3, 0.4) is 0 Å². The highest BCUT2D eigenvalue weighted by Crippen LogP contribution is 2.14. The van der Waals surface area contributed by atoms with Gasteiger partial charge in [-0.1, -0.05) is 18.2 Å². The number of rotatable bonds is 4. The van der Waals surface area contributed by atoms with Crippen LogP contribution in [0.4, 0.5) is 0 Å². The van der Waals surface area contributed by atoms with Crippen molar-refractivity contribution in [2.75, 3.05) is 6.54 Å². The van der Waals surface area contributed by atoms with Gasteiger partial charge in [0.25, 0.3) is 0 Å². The number of nitrogens with one attached hydrogen (secondary N) is 1. The molecule has 16 heavy (non-hydrogen) atoms. The van der Waals surface area contributed by atoms with Gasteiger partial charge in [-0.15, -0.1) is 0 Å². The summed E-state index contributed by atoms with van der Waals surface area (Å²) in [4.78, 5) is 0.249. The molecular formula is C11H17NO3S. The Morgan fingerprint density at radius 2 is 1.88 bits per heavy atom. The standard InChI is InChI=1S/C11H17NO3S/c1-9-6-4-5-7-10(9)16(14,15)12-8-11(2,3)13/h4-7,12-13H,8H2,1-3H3. The van der Waals surface area contributed by atoms with Crippen molar-refractivity contribution in [3.8, 4) is 0 Å². The average molecular weight is 243 g/mol. The molecule has 0 aliphatic heterocycles. The van der Waals surface area contributed by atoms with Gasteiger partial charge in [0, 0.05) is 6.54 Å². The Labute approximate surface area is 96.4 Å². The van der Waals surface area contributed by atoms with Crippen molar-refractivity contribution >= 4 is 10.0 Å². The number of sulfonamides is 1. The van der Waals surface area contributed by atoms with Crippen LogP contribution in [0.1, 0.15) is 19.4 Å². The zero-order chi connectivity index (χ0) is 12.4. The molecule has 0 spiro atoms. The maximum absolute atomic E-state index is 11.9. The Hall–Kier alpha value is -0.910. The molecule has 0 heterocycles. The van der Waals surface area contributed by atoms with Gasteiger partial charge in [-0.3, -0.25) is 0 Å². The lowest BCUT2D eigenvalue weighted by Crippen LogP contribution is -2.38. The fourth-order valence-electron chi connectivity index (χ4n) is 1.21. The van der Waals surface area contributed by atoms with Gasteiger partial charge in [0.2, 0.25) is 10.0 Å². The lowest BCUT2D eigenvalue weighted by Gasteiger charge is -2.18. The monoisotopic (exact) mass is 243 g/mol. The van der Waals surface area contributed by atoms with Crippen LogP contribution in [0.15, 0.2) is 29.2 Å². The molecule has 5 heteroatoms. The Bertz CT molecular complexity index is 460. The molecular weight excluding hydrogens is 226 g/mol. The van der Waals surface area contributed by atoms with E-state index in [2.05, 4.69) is 4.72 Å². The van der Waals surface area contributed by atoms with E-state index < -0.39 is 15.6 Å². The summed E-state index contributed by atoms with van der Waals surface area (Å²) in [5, 5.41) is 9.47. The lowest BCUT2D eigenvalue weighted by molar-refractivity contribution is 0.0857. The summed E-state index contributed by atoms with van der Waals surface area (Å²) in [6.07, 6.45) is 0. The summed E-state index contributed by atoms with van der Waals surface area (Å²) in [5.41, 5.74) is -0.374. The Balaban J connectivity index is 2.92. The van der Waals surface area contributed by atoms with Crippen LogP contribution in [-0.2, 0) is 10.0 Å². The SMILES string of the molecule is Cc1ccccc1S(=O)(=O)NCC(C)(C)O. The molecule has 0 aromatic heterocycles. The van der Waals surface area contributed by atoms with Crippen molar-refractivity contribution in [3.63, 3.8) is 0 Å². The molecule has 0 fully saturated rings. The van der Waals surface area contributed by atoms with Crippen molar-refractivity contribution in [2.45, 2.75) is 31.3 Å². The fraction of sp³-hybridized carbons (Fsp3) is 0.455. The zero-order valence-electron chi connectivity index (χ0n) is 9.69. The summed E-state index contributed by atoms with van der Waals surface area (Å²) in [6.45, 7) is 4.82. The first-order chi connectivity index (χ1) is 7.22. The van der Waals surface area contributed by atoms with E-state index in [4.69, 9.17) is 0 Å². The number of benzene rings is 1. The van der Waals surface area contributed by atoms with Crippen molar-refractivity contribution in [1.29, 1.82) is 0 Å². The second-order valence-corrected chi connectivity index (χ2v) is 6.14. The second kappa shape index (κ2) is 4.53. The van der Waals surface area contributed by atoms with Gasteiger partial charge in [-0.2, -0.15) is 0 Å². The third-order valence-electron chi connectivity index (χ3n) is 2.08. The molecule has 0 unspecified atom stereocenters. The van der Waals surface area contributed by atoms with Crippen LogP contribution >= 0.6 is 0 Å². The molecule has 1 rings (SSSR count). The predicted molar refractivity (Wildman–Crippen MR) is 62.7 cm³/mol. The number of aryl methyl sites for hydroxylation is 1. The quantitative estimate of drug-likeness (QED) is 0.830. The highest BCUT2D eigenvalue weighted by atomic mass is 32.2. The van der Waals surface area contributed by atoms with Crippen molar-refractivity contribution < 1.29 is 13.5 Å². The molecule has 0 bridgehead atoms. The maximum Gasteiger partial charge on any atom is 0.240 e. The van der Waals surface area contributed by atoms with E-state index in [0.29, 0.717) is 5.56 Å². The first kappa shape index (κ1) is 13.2. The van der Waals surface area contributed by atoms with E-state index >= 15 is 0 Å². The molecule has 4 nitrogen and oxygen atoms in total. The summed E-state index contributed by atoms with van der Waals surface area (Å²) >= 11 is 0. The summed E-state index contributed by atoms with van der Waals surface area (Å²) in [5.74, 6) is 0. The second-order valence-electron chi connectivity index (χ2n) is 4.40. The van der Waals surface area contributed by atoms with Gasteiger partial charge in [-0.05, 0) is 32.4 Å². The smallest absolute Gasteiger partial charge is 0.240 e. The molecule has 90 valence electrons. The van der Waals surface area contributed by atoms with Crippen molar-refractivity contribution in [2.24, 2.45) is 0 Å². The van der Waals surface area contributed by atoms with Crippen LogP contribution in [0.2, 0.25) is 0 Å². The molecule has 0 radical (unpaired) electrons. The summed E-state index contributed by atoms with van der Waals surface area (Å²) < 4.78 is 26.1. The molecule has 0 atom stereocenters. The molecule has 0 aliphatic rings. The van der Waals surface area contributed by atoms with Crippen molar-refractivity contribution in [1.82, 2.24) is 4.72 Å². The van der Waals surface area contributed by atoms with E-state index in [9.17, 15) is 13.5 Å². The van der Waals surface area contributed by atoms with Gasteiger partial charge in [0.1, 0.15) is 0 Å². The first-order valence-electron chi connectivity index (χ1n) is 5.00. The number of hydrogen-bond acceptors (Lipinski definition) is 3. The minimum absolute atomic E-state index is 0.0103. The largest absolute Gasteiger partial charge is 0.389 e. The molecule has 1 aromatic rings. The third kappa shape index (κ3) is 3.59. The molecule has 0 saturated heterocycles. The molecule has 0 saturated carbocycles. The Morgan fingerprint density at radius 3 is 2.38 bits per heavy atom. The van der Waals surface area contributed by atoms with E-state index in [1.807, 2.05) is 0 Å². The Morgan fingerprint density at radius 1 is 1.31 bits per heavy atom. The molecule has 2 N–H and O–H groups in total. The molecule has 1 aromatic carbocycles. The number of hydrogen-bond donors (Lipinski definition) is 2.